The van der Waals surface area contributed by atoms with Gasteiger partial charge in [0.15, 0.2) is 0 Å². The van der Waals surface area contributed by atoms with Gasteiger partial charge < -0.3 is 10.5 Å². The van der Waals surface area contributed by atoms with Gasteiger partial charge in [-0.05, 0) is 55.7 Å². The molecule has 112 valence electrons. The van der Waals surface area contributed by atoms with Crippen molar-refractivity contribution in [3.05, 3.63) is 58.4 Å². The van der Waals surface area contributed by atoms with Crippen molar-refractivity contribution in [3.8, 4) is 11.5 Å². The molecule has 4 heteroatoms. The minimum atomic E-state index is -0.279. The second-order valence-corrected chi connectivity index (χ2v) is 5.51. The summed E-state index contributed by atoms with van der Waals surface area (Å²) in [5, 5.41) is 0.635. The van der Waals surface area contributed by atoms with Crippen LogP contribution in [0.1, 0.15) is 24.5 Å². The predicted molar refractivity (Wildman–Crippen MR) is 84.6 cm³/mol. The van der Waals surface area contributed by atoms with Gasteiger partial charge in [-0.1, -0.05) is 24.6 Å². The maximum atomic E-state index is 13.2. The quantitative estimate of drug-likeness (QED) is 0.856. The first kappa shape index (κ1) is 15.8. The van der Waals surface area contributed by atoms with Crippen molar-refractivity contribution in [2.24, 2.45) is 5.73 Å². The summed E-state index contributed by atoms with van der Waals surface area (Å²) in [6.45, 7) is 3.84. The molecule has 1 atom stereocenters. The zero-order valence-corrected chi connectivity index (χ0v) is 13.0. The van der Waals surface area contributed by atoms with Crippen LogP contribution in [0.5, 0.6) is 11.5 Å². The highest BCUT2D eigenvalue weighted by atomic mass is 35.5. The Balaban J connectivity index is 2.33. The largest absolute Gasteiger partial charge is 0.457 e. The van der Waals surface area contributed by atoms with E-state index in [9.17, 15) is 4.39 Å². The molecule has 0 saturated heterocycles. The highest BCUT2D eigenvalue weighted by Gasteiger charge is 2.13. The normalized spacial score (nSPS) is 12.2. The summed E-state index contributed by atoms with van der Waals surface area (Å²) in [5.74, 6) is 1.00. The molecular formula is C17H19ClFNO. The van der Waals surface area contributed by atoms with Crippen LogP contribution in [-0.4, -0.2) is 6.04 Å². The average Bonchev–Trinajstić information content (AvgIpc) is 2.45. The van der Waals surface area contributed by atoms with Gasteiger partial charge in [-0.3, -0.25) is 0 Å². The van der Waals surface area contributed by atoms with Crippen molar-refractivity contribution in [2.75, 3.05) is 0 Å². The molecule has 0 radical (unpaired) electrons. The Kier molecular flexibility index (Phi) is 5.21. The summed E-state index contributed by atoms with van der Waals surface area (Å²) in [7, 11) is 0. The summed E-state index contributed by atoms with van der Waals surface area (Å²) in [4.78, 5) is 0. The van der Waals surface area contributed by atoms with Gasteiger partial charge in [0.05, 0.1) is 0 Å². The number of halogens is 2. The van der Waals surface area contributed by atoms with Crippen LogP contribution in [0.2, 0.25) is 5.02 Å². The lowest BCUT2D eigenvalue weighted by molar-refractivity contribution is 0.466. The predicted octanol–water partition coefficient (Wildman–Crippen LogP) is 4.86. The summed E-state index contributed by atoms with van der Waals surface area (Å²) in [6, 6.07) is 9.98. The van der Waals surface area contributed by atoms with Crippen LogP contribution in [0, 0.1) is 12.7 Å². The molecule has 2 N–H and O–H groups in total. The third-order valence-corrected chi connectivity index (χ3v) is 3.78. The van der Waals surface area contributed by atoms with E-state index in [1.165, 1.54) is 12.1 Å². The van der Waals surface area contributed by atoms with Gasteiger partial charge in [0, 0.05) is 16.6 Å². The van der Waals surface area contributed by atoms with Crippen LogP contribution in [-0.2, 0) is 6.42 Å². The fraction of sp³-hybridized carbons (Fsp3) is 0.294. The summed E-state index contributed by atoms with van der Waals surface area (Å²) < 4.78 is 19.1. The lowest BCUT2D eigenvalue weighted by Crippen LogP contribution is -2.21. The van der Waals surface area contributed by atoms with E-state index < -0.39 is 0 Å². The Morgan fingerprint density at radius 3 is 2.67 bits per heavy atom. The molecule has 0 heterocycles. The highest BCUT2D eigenvalue weighted by Crippen LogP contribution is 2.33. The number of hydrogen-bond acceptors (Lipinski definition) is 2. The van der Waals surface area contributed by atoms with Crippen molar-refractivity contribution in [2.45, 2.75) is 32.7 Å². The molecule has 0 bridgehead atoms. The molecule has 0 spiro atoms. The second-order valence-electron chi connectivity index (χ2n) is 5.10. The van der Waals surface area contributed by atoms with E-state index in [2.05, 4.69) is 0 Å². The number of aryl methyl sites for hydroxylation is 1. The van der Waals surface area contributed by atoms with Gasteiger partial charge >= 0.3 is 0 Å². The molecule has 2 aromatic carbocycles. The van der Waals surface area contributed by atoms with Crippen molar-refractivity contribution < 1.29 is 9.13 Å². The molecule has 0 amide bonds. The van der Waals surface area contributed by atoms with Crippen LogP contribution in [0.4, 0.5) is 4.39 Å². The molecule has 1 unspecified atom stereocenters. The Labute approximate surface area is 129 Å². The fourth-order valence-electron chi connectivity index (χ4n) is 2.08. The average molecular weight is 308 g/mol. The Morgan fingerprint density at radius 2 is 2.00 bits per heavy atom. The van der Waals surface area contributed by atoms with E-state index in [-0.39, 0.29) is 11.9 Å². The van der Waals surface area contributed by atoms with E-state index in [1.807, 2.05) is 25.1 Å². The first-order chi connectivity index (χ1) is 10.0. The highest BCUT2D eigenvalue weighted by molar-refractivity contribution is 6.31. The fourth-order valence-corrected chi connectivity index (χ4v) is 2.33. The van der Waals surface area contributed by atoms with Crippen molar-refractivity contribution in [3.63, 3.8) is 0 Å². The van der Waals surface area contributed by atoms with Gasteiger partial charge in [0.1, 0.15) is 17.3 Å². The zero-order valence-electron chi connectivity index (χ0n) is 12.2. The Bertz CT molecular complexity index is 630. The monoisotopic (exact) mass is 307 g/mol. The van der Waals surface area contributed by atoms with Gasteiger partial charge in [-0.15, -0.1) is 0 Å². The smallest absolute Gasteiger partial charge is 0.132 e. The molecule has 0 aliphatic heterocycles. The van der Waals surface area contributed by atoms with Crippen LogP contribution in [0.15, 0.2) is 36.4 Å². The van der Waals surface area contributed by atoms with Crippen LogP contribution >= 0.6 is 11.6 Å². The van der Waals surface area contributed by atoms with E-state index in [4.69, 9.17) is 22.1 Å². The minimum absolute atomic E-state index is 0.0292. The van der Waals surface area contributed by atoms with Crippen LogP contribution in [0.25, 0.3) is 0 Å². The molecule has 0 aromatic heterocycles. The minimum Gasteiger partial charge on any atom is -0.457 e. The third kappa shape index (κ3) is 3.96. The maximum absolute atomic E-state index is 13.2. The zero-order chi connectivity index (χ0) is 15.4. The molecule has 2 rings (SSSR count). The SMILES string of the molecule is CCC(N)Cc1c(Cl)cccc1Oc1ccc(F)cc1C. The molecule has 0 saturated carbocycles. The molecule has 0 aliphatic carbocycles. The van der Waals surface area contributed by atoms with Gasteiger partial charge in [-0.25, -0.2) is 4.39 Å². The number of benzene rings is 2. The number of nitrogens with two attached hydrogens (primary N) is 1. The van der Waals surface area contributed by atoms with Crippen molar-refractivity contribution >= 4 is 11.6 Å². The van der Waals surface area contributed by atoms with E-state index >= 15 is 0 Å². The van der Waals surface area contributed by atoms with Crippen molar-refractivity contribution in [1.82, 2.24) is 0 Å². The summed E-state index contributed by atoms with van der Waals surface area (Å²) >= 11 is 6.27. The number of hydrogen-bond donors (Lipinski definition) is 1. The molecular weight excluding hydrogens is 289 g/mol. The molecule has 2 aromatic rings. The Morgan fingerprint density at radius 1 is 1.24 bits per heavy atom. The lowest BCUT2D eigenvalue weighted by Gasteiger charge is -2.16. The molecule has 0 aliphatic rings. The molecule has 21 heavy (non-hydrogen) atoms. The maximum Gasteiger partial charge on any atom is 0.132 e. The first-order valence-electron chi connectivity index (χ1n) is 6.98. The van der Waals surface area contributed by atoms with Crippen molar-refractivity contribution in [1.29, 1.82) is 0 Å². The molecule has 0 fully saturated rings. The summed E-state index contributed by atoms with van der Waals surface area (Å²) in [5.41, 5.74) is 7.65. The van der Waals surface area contributed by atoms with Crippen LogP contribution < -0.4 is 10.5 Å². The third-order valence-electron chi connectivity index (χ3n) is 3.42. The number of ether oxygens (including phenoxy) is 1. The first-order valence-corrected chi connectivity index (χ1v) is 7.36. The lowest BCUT2D eigenvalue weighted by atomic mass is 10.0. The van der Waals surface area contributed by atoms with Crippen LogP contribution in [0.3, 0.4) is 0 Å². The van der Waals surface area contributed by atoms with Gasteiger partial charge in [0.25, 0.3) is 0 Å². The topological polar surface area (TPSA) is 35.2 Å². The molecule has 2 nitrogen and oxygen atoms in total. The number of rotatable bonds is 5. The van der Waals surface area contributed by atoms with E-state index in [0.29, 0.717) is 22.9 Å². The van der Waals surface area contributed by atoms with E-state index in [1.54, 1.807) is 13.0 Å². The second kappa shape index (κ2) is 6.92. The summed E-state index contributed by atoms with van der Waals surface area (Å²) in [6.07, 6.45) is 1.51. The Hall–Kier alpha value is -1.58. The van der Waals surface area contributed by atoms with E-state index in [0.717, 1.165) is 17.5 Å². The van der Waals surface area contributed by atoms with Gasteiger partial charge in [0.2, 0.25) is 0 Å². The van der Waals surface area contributed by atoms with Gasteiger partial charge in [-0.2, -0.15) is 0 Å². The standard InChI is InChI=1S/C17H19ClFNO/c1-3-13(20)10-14-15(18)5-4-6-17(14)21-16-8-7-12(19)9-11(16)2/h4-9,13H,3,10,20H2,1-2H3.